The van der Waals surface area contributed by atoms with E-state index in [-0.39, 0.29) is 0 Å². The van der Waals surface area contributed by atoms with Crippen molar-refractivity contribution in [2.45, 2.75) is 20.4 Å². The number of benzene rings is 2. The lowest BCUT2D eigenvalue weighted by Gasteiger charge is -2.11. The van der Waals surface area contributed by atoms with E-state index in [9.17, 15) is 0 Å². The van der Waals surface area contributed by atoms with Crippen LogP contribution in [0.5, 0.6) is 5.75 Å². The first kappa shape index (κ1) is 20.9. The summed E-state index contributed by atoms with van der Waals surface area (Å²) in [4.78, 5) is 12.5. The summed E-state index contributed by atoms with van der Waals surface area (Å²) in [7, 11) is 1.66. The molecule has 0 aliphatic heterocycles. The number of aromatic nitrogens is 5. The number of rotatable bonds is 7. The van der Waals surface area contributed by atoms with Gasteiger partial charge in [-0.15, -0.1) is 0 Å². The maximum atomic E-state index is 5.25. The van der Waals surface area contributed by atoms with Crippen LogP contribution in [-0.4, -0.2) is 38.8 Å². The van der Waals surface area contributed by atoms with Crippen molar-refractivity contribution in [3.05, 3.63) is 72.2 Å². The Morgan fingerprint density at radius 3 is 2.61 bits per heavy atom. The Bertz CT molecular complexity index is 1400. The monoisotopic (exact) mass is 438 g/mol. The van der Waals surface area contributed by atoms with E-state index in [2.05, 4.69) is 62.5 Å². The second kappa shape index (κ2) is 8.88. The zero-order valence-electron chi connectivity index (χ0n) is 18.9. The molecule has 0 aliphatic carbocycles. The SMILES string of the molecule is CCNCc1cncc(-c2ccc3[nH]nc(-c4ncc(-c5ccc(OC)cc5)[nH]4)c3c2)c1C. The molecule has 166 valence electrons. The fourth-order valence-corrected chi connectivity index (χ4v) is 4.02. The van der Waals surface area contributed by atoms with Gasteiger partial charge < -0.3 is 15.0 Å². The van der Waals surface area contributed by atoms with Gasteiger partial charge in [-0.2, -0.15) is 5.10 Å². The molecule has 3 aromatic heterocycles. The van der Waals surface area contributed by atoms with Gasteiger partial charge in [-0.3, -0.25) is 10.1 Å². The number of fused-ring (bicyclic) bond motifs is 1. The molecule has 0 saturated heterocycles. The third-order valence-electron chi connectivity index (χ3n) is 5.96. The molecule has 0 atom stereocenters. The van der Waals surface area contributed by atoms with Crippen molar-refractivity contribution in [3.63, 3.8) is 0 Å². The van der Waals surface area contributed by atoms with E-state index in [1.54, 1.807) is 7.11 Å². The smallest absolute Gasteiger partial charge is 0.159 e. The van der Waals surface area contributed by atoms with Crippen molar-refractivity contribution >= 4 is 10.9 Å². The van der Waals surface area contributed by atoms with Crippen molar-refractivity contribution in [2.75, 3.05) is 13.7 Å². The van der Waals surface area contributed by atoms with Gasteiger partial charge in [0.05, 0.1) is 24.5 Å². The van der Waals surface area contributed by atoms with Crippen LogP contribution in [0.25, 0.3) is 44.8 Å². The maximum Gasteiger partial charge on any atom is 0.159 e. The van der Waals surface area contributed by atoms with Gasteiger partial charge in [-0.05, 0) is 72.1 Å². The number of hydrogen-bond acceptors (Lipinski definition) is 5. The predicted octanol–water partition coefficient (Wildman–Crippen LogP) is 5.11. The molecule has 0 saturated carbocycles. The zero-order chi connectivity index (χ0) is 22.8. The Labute approximate surface area is 192 Å². The third kappa shape index (κ3) is 3.99. The molecule has 5 rings (SSSR count). The highest BCUT2D eigenvalue weighted by Gasteiger charge is 2.15. The summed E-state index contributed by atoms with van der Waals surface area (Å²) in [5, 5.41) is 12.1. The Kier molecular flexibility index (Phi) is 5.62. The van der Waals surface area contributed by atoms with Crippen LogP contribution >= 0.6 is 0 Å². The van der Waals surface area contributed by atoms with E-state index in [0.29, 0.717) is 0 Å². The number of H-pyrrole nitrogens is 2. The van der Waals surface area contributed by atoms with Gasteiger partial charge in [0.25, 0.3) is 0 Å². The minimum Gasteiger partial charge on any atom is -0.497 e. The average Bonchev–Trinajstić information content (AvgIpc) is 3.50. The molecule has 0 amide bonds. The summed E-state index contributed by atoms with van der Waals surface area (Å²) >= 11 is 0. The normalized spacial score (nSPS) is 11.2. The molecule has 0 bridgehead atoms. The first-order valence-corrected chi connectivity index (χ1v) is 11.0. The number of ether oxygens (including phenoxy) is 1. The van der Waals surface area contributed by atoms with Gasteiger partial charge in [0, 0.05) is 29.9 Å². The number of imidazole rings is 1. The summed E-state index contributed by atoms with van der Waals surface area (Å²) in [6.45, 7) is 5.99. The largest absolute Gasteiger partial charge is 0.497 e. The molecule has 2 aromatic carbocycles. The van der Waals surface area contributed by atoms with Crippen LogP contribution in [0, 0.1) is 6.92 Å². The fourth-order valence-electron chi connectivity index (χ4n) is 4.02. The highest BCUT2D eigenvalue weighted by Crippen LogP contribution is 2.32. The van der Waals surface area contributed by atoms with Crippen LogP contribution in [0.3, 0.4) is 0 Å². The quantitative estimate of drug-likeness (QED) is 0.328. The third-order valence-corrected chi connectivity index (χ3v) is 5.96. The van der Waals surface area contributed by atoms with Gasteiger partial charge in [0.1, 0.15) is 11.4 Å². The first-order chi connectivity index (χ1) is 16.2. The molecule has 0 fully saturated rings. The summed E-state index contributed by atoms with van der Waals surface area (Å²) in [5.41, 5.74) is 8.39. The molecule has 0 spiro atoms. The Morgan fingerprint density at radius 2 is 1.82 bits per heavy atom. The lowest BCUT2D eigenvalue weighted by Crippen LogP contribution is -2.13. The molecule has 3 heterocycles. The van der Waals surface area contributed by atoms with E-state index < -0.39 is 0 Å². The minimum atomic E-state index is 0.722. The average molecular weight is 439 g/mol. The zero-order valence-corrected chi connectivity index (χ0v) is 18.9. The number of nitrogens with one attached hydrogen (secondary N) is 3. The van der Waals surface area contributed by atoms with Crippen molar-refractivity contribution in [2.24, 2.45) is 0 Å². The summed E-state index contributed by atoms with van der Waals surface area (Å²) < 4.78 is 5.25. The van der Waals surface area contributed by atoms with Crippen molar-refractivity contribution in [1.82, 2.24) is 30.5 Å². The fraction of sp³-hybridized carbons (Fsp3) is 0.192. The summed E-state index contributed by atoms with van der Waals surface area (Å²) in [6.07, 6.45) is 5.70. The number of aromatic amines is 2. The second-order valence-electron chi connectivity index (χ2n) is 7.96. The van der Waals surface area contributed by atoms with Gasteiger partial charge in [0.2, 0.25) is 0 Å². The van der Waals surface area contributed by atoms with E-state index in [1.807, 2.05) is 42.9 Å². The summed E-state index contributed by atoms with van der Waals surface area (Å²) in [6, 6.07) is 14.2. The van der Waals surface area contributed by atoms with Crippen LogP contribution < -0.4 is 10.1 Å². The maximum absolute atomic E-state index is 5.25. The van der Waals surface area contributed by atoms with Gasteiger partial charge in [0.15, 0.2) is 5.82 Å². The van der Waals surface area contributed by atoms with Crippen molar-refractivity contribution in [3.8, 4) is 39.7 Å². The molecular formula is C26H26N6O. The van der Waals surface area contributed by atoms with E-state index in [1.165, 1.54) is 11.1 Å². The van der Waals surface area contributed by atoms with Gasteiger partial charge >= 0.3 is 0 Å². The highest BCUT2D eigenvalue weighted by molar-refractivity contribution is 5.94. The first-order valence-electron chi connectivity index (χ1n) is 11.0. The van der Waals surface area contributed by atoms with Gasteiger partial charge in [-0.25, -0.2) is 4.98 Å². The predicted molar refractivity (Wildman–Crippen MR) is 131 cm³/mol. The van der Waals surface area contributed by atoms with Crippen LogP contribution in [0.15, 0.2) is 61.1 Å². The lowest BCUT2D eigenvalue weighted by molar-refractivity contribution is 0.415. The van der Waals surface area contributed by atoms with Crippen LogP contribution in [0.1, 0.15) is 18.1 Å². The lowest BCUT2D eigenvalue weighted by atomic mass is 9.98. The second-order valence-corrected chi connectivity index (χ2v) is 7.96. The number of nitrogens with zero attached hydrogens (tertiary/aromatic N) is 3. The molecule has 5 aromatic rings. The van der Waals surface area contributed by atoms with E-state index in [4.69, 9.17) is 4.74 Å². The van der Waals surface area contributed by atoms with Crippen LogP contribution in [0.2, 0.25) is 0 Å². The Morgan fingerprint density at radius 1 is 1.00 bits per heavy atom. The molecule has 0 radical (unpaired) electrons. The topological polar surface area (TPSA) is 91.5 Å². The number of hydrogen-bond donors (Lipinski definition) is 3. The molecule has 7 heteroatoms. The number of pyridine rings is 1. The van der Waals surface area contributed by atoms with E-state index in [0.717, 1.165) is 63.6 Å². The molecule has 33 heavy (non-hydrogen) atoms. The molecule has 3 N–H and O–H groups in total. The summed E-state index contributed by atoms with van der Waals surface area (Å²) in [5.74, 6) is 1.55. The van der Waals surface area contributed by atoms with Gasteiger partial charge in [-0.1, -0.05) is 13.0 Å². The molecule has 7 nitrogen and oxygen atoms in total. The Balaban J connectivity index is 1.52. The van der Waals surface area contributed by atoms with Crippen LogP contribution in [-0.2, 0) is 6.54 Å². The standard InChI is InChI=1S/C26H26N6O/c1-4-27-12-19-13-28-14-22(16(19)2)18-7-10-23-21(11-18)25(32-31-23)26-29-15-24(30-26)17-5-8-20(33-3)9-6-17/h5-11,13-15,27H,4,12H2,1-3H3,(H,29,30)(H,31,32). The molecule has 0 unspecified atom stereocenters. The number of methoxy groups -OCH3 is 1. The highest BCUT2D eigenvalue weighted by atomic mass is 16.5. The van der Waals surface area contributed by atoms with E-state index >= 15 is 0 Å². The Hall–Kier alpha value is -3.97. The minimum absolute atomic E-state index is 0.722. The molecular weight excluding hydrogens is 412 g/mol. The van der Waals surface area contributed by atoms with Crippen LogP contribution in [0.4, 0.5) is 0 Å². The van der Waals surface area contributed by atoms with Crippen molar-refractivity contribution < 1.29 is 4.74 Å². The van der Waals surface area contributed by atoms with Crippen molar-refractivity contribution in [1.29, 1.82) is 0 Å². The molecule has 0 aliphatic rings.